The topological polar surface area (TPSA) is 417 Å². The predicted molar refractivity (Wildman–Crippen MR) is 282 cm³/mol. The second-order valence-corrected chi connectivity index (χ2v) is 19.1. The molecule has 0 aromatic heterocycles. The molecule has 4 unspecified atom stereocenters. The zero-order chi connectivity index (χ0) is 50.1. The first-order valence-electron chi connectivity index (χ1n) is 18.3. The lowest BCUT2D eigenvalue weighted by Gasteiger charge is -2.20. The van der Waals surface area contributed by atoms with Crippen LogP contribution in [0, 0.1) is 21.4 Å². The van der Waals surface area contributed by atoms with Gasteiger partial charge in [-0.1, -0.05) is 0 Å². The third kappa shape index (κ3) is 22.0. The third-order valence-corrected chi connectivity index (χ3v) is 14.0. The van der Waals surface area contributed by atoms with Crippen LogP contribution in [0.4, 0.5) is 11.4 Å². The van der Waals surface area contributed by atoms with E-state index in [2.05, 4.69) is 31.9 Å². The van der Waals surface area contributed by atoms with Crippen LogP contribution in [-0.4, -0.2) is 200 Å². The number of carboxylic acid groups (broad SMARTS) is 2. The van der Waals surface area contributed by atoms with Crippen LogP contribution in [0.1, 0.15) is 47.9 Å². The van der Waals surface area contributed by atoms with Gasteiger partial charge in [-0.15, -0.1) is 0 Å². The zero-order valence-electron chi connectivity index (χ0n) is 33.6. The highest BCUT2D eigenvalue weighted by atomic mass is 127. The minimum Gasteiger partial charge on any atom is -0.481 e. The number of hydrogen-bond donors (Lipinski definition) is 18. The molecule has 0 radical (unpaired) electrons. The van der Waals surface area contributed by atoms with Gasteiger partial charge < -0.3 is 93.2 Å². The molecule has 18 N–H and O–H groups in total. The molecule has 0 spiro atoms. The summed E-state index contributed by atoms with van der Waals surface area (Å²) in [6.45, 7) is -2.64. The van der Waals surface area contributed by atoms with Gasteiger partial charge in [0.15, 0.2) is 0 Å². The summed E-state index contributed by atoms with van der Waals surface area (Å²) in [6, 6.07) is 0. The lowest BCUT2D eigenvalue weighted by Crippen LogP contribution is -2.37. The second kappa shape index (κ2) is 34.2. The number of benzene rings is 2. The molecule has 0 heterocycles. The van der Waals surface area contributed by atoms with E-state index in [-0.39, 0.29) is 74.7 Å². The van der Waals surface area contributed by atoms with Crippen LogP contribution in [0.25, 0.3) is 0 Å². The molecule has 0 saturated carbocycles. The van der Waals surface area contributed by atoms with E-state index in [4.69, 9.17) is 40.9 Å². The first kappa shape index (κ1) is 63.8. The zero-order valence-corrected chi connectivity index (χ0v) is 46.5. The van der Waals surface area contributed by atoms with Crippen molar-refractivity contribution in [3.05, 3.63) is 43.7 Å². The van der Waals surface area contributed by atoms with Gasteiger partial charge in [-0.2, -0.15) is 0 Å². The van der Waals surface area contributed by atoms with E-state index >= 15 is 0 Å². The standard InChI is InChI=1S/2C16H22I3N3O7.C3H4O4/c2*17-11-9(15(28)21-3-7(26)5-24)12(18)14(20-1-2-23)13(19)10(11)16(29)22-4-8(27)6-25;4-2(5)1-3(6)7/h2*7-8,20,23-27H,1-6H2,(H,21,28)(H,22,29);1H2,(H,4,5)(H,6,7). The highest BCUT2D eigenvalue weighted by Crippen LogP contribution is 2.37. The number of aliphatic hydroxyl groups excluding tert-OH is 10. The van der Waals surface area contributed by atoms with Gasteiger partial charge in [-0.25, -0.2) is 0 Å². The van der Waals surface area contributed by atoms with Crippen LogP contribution < -0.4 is 31.9 Å². The molecule has 4 atom stereocenters. The van der Waals surface area contributed by atoms with Crippen molar-refractivity contribution in [2.24, 2.45) is 0 Å². The quantitative estimate of drug-likeness (QED) is 0.0388. The molecule has 0 aliphatic rings. The van der Waals surface area contributed by atoms with E-state index in [9.17, 15) is 49.2 Å². The predicted octanol–water partition coefficient (Wildman–Crippen LogP) is -2.31. The fourth-order valence-electron chi connectivity index (χ4n) is 4.38. The van der Waals surface area contributed by atoms with E-state index in [1.807, 2.05) is 136 Å². The van der Waals surface area contributed by atoms with Gasteiger partial charge in [0.1, 0.15) is 6.42 Å². The third-order valence-electron chi connectivity index (χ3n) is 7.51. The van der Waals surface area contributed by atoms with Gasteiger partial charge in [-0.05, 0) is 136 Å². The van der Waals surface area contributed by atoms with Gasteiger partial charge in [0, 0.05) is 46.4 Å². The number of carbonyl (C=O) groups is 6. The van der Waals surface area contributed by atoms with E-state index < -0.39 is 92.8 Å². The van der Waals surface area contributed by atoms with Crippen LogP contribution in [0.2, 0.25) is 0 Å². The minimum absolute atomic E-state index is 0.160. The van der Waals surface area contributed by atoms with Gasteiger partial charge in [0.25, 0.3) is 23.6 Å². The molecule has 4 amide bonds. The Hall–Kier alpha value is -1.16. The number of carboxylic acids is 2. The van der Waals surface area contributed by atoms with Crippen molar-refractivity contribution in [2.45, 2.75) is 30.8 Å². The Morgan fingerprint density at radius 3 is 0.769 bits per heavy atom. The Labute approximate surface area is 452 Å². The largest absolute Gasteiger partial charge is 0.481 e. The summed E-state index contributed by atoms with van der Waals surface area (Å²) in [4.78, 5) is 69.8. The average molecular weight is 1600 g/mol. The van der Waals surface area contributed by atoms with Crippen molar-refractivity contribution in [1.29, 1.82) is 0 Å². The molecule has 0 fully saturated rings. The highest BCUT2D eigenvalue weighted by Gasteiger charge is 2.30. The number of halogens is 6. The molecule has 65 heavy (non-hydrogen) atoms. The number of aliphatic hydroxyl groups is 10. The van der Waals surface area contributed by atoms with Gasteiger partial charge in [0.05, 0.1) is 112 Å². The number of hydrogen-bond acceptors (Lipinski definition) is 18. The van der Waals surface area contributed by atoms with Crippen molar-refractivity contribution in [2.75, 3.05) is 89.5 Å². The summed E-state index contributed by atoms with van der Waals surface area (Å²) in [6.07, 6.45) is -5.28. The fraction of sp³-hybridized carbons (Fsp3) is 0.486. The van der Waals surface area contributed by atoms with Gasteiger partial charge in [0.2, 0.25) is 0 Å². The molecular weight excluding hydrogens is 1550 g/mol. The Kier molecular flexibility index (Phi) is 33.6. The highest BCUT2D eigenvalue weighted by molar-refractivity contribution is 14.1. The van der Waals surface area contributed by atoms with E-state index in [1.165, 1.54) is 0 Å². The number of amides is 4. The molecule has 0 aliphatic carbocycles. The summed E-state index contributed by atoms with van der Waals surface area (Å²) in [7, 11) is 0. The first-order chi connectivity index (χ1) is 30.5. The Balaban J connectivity index is 0.00000110. The maximum Gasteiger partial charge on any atom is 0.314 e. The van der Waals surface area contributed by atoms with Crippen LogP contribution >= 0.6 is 136 Å². The smallest absolute Gasteiger partial charge is 0.314 e. The van der Waals surface area contributed by atoms with Crippen LogP contribution in [-0.2, 0) is 9.59 Å². The Bertz CT molecular complexity index is 1700. The van der Waals surface area contributed by atoms with Crippen LogP contribution in [0.15, 0.2) is 0 Å². The van der Waals surface area contributed by atoms with Crippen LogP contribution in [0.3, 0.4) is 0 Å². The molecule has 0 aliphatic heterocycles. The second-order valence-electron chi connectivity index (χ2n) is 12.6. The number of carbonyl (C=O) groups excluding carboxylic acids is 4. The normalized spacial score (nSPS) is 12.4. The molecule has 24 nitrogen and oxygen atoms in total. The van der Waals surface area contributed by atoms with E-state index in [0.717, 1.165) is 0 Å². The molecular formula is C35H48I6N6O18. The van der Waals surface area contributed by atoms with Crippen molar-refractivity contribution in [1.82, 2.24) is 21.3 Å². The molecule has 368 valence electrons. The SMILES string of the molecule is O=C(NCC(O)CO)c1c(I)c(NCCO)c(I)c(C(=O)NCC(O)CO)c1I.O=C(NCC(O)CO)c1c(I)c(NCCO)c(I)c(C(=O)NCC(O)CO)c1I.O=C(O)CC(=O)O. The number of nitrogens with one attached hydrogen (secondary N) is 6. The average Bonchev–Trinajstić information content (AvgIpc) is 3.25. The van der Waals surface area contributed by atoms with Crippen molar-refractivity contribution >= 4 is 182 Å². The van der Waals surface area contributed by atoms with E-state index in [0.29, 0.717) is 32.8 Å². The Morgan fingerprint density at radius 2 is 0.615 bits per heavy atom. The van der Waals surface area contributed by atoms with E-state index in [1.54, 1.807) is 0 Å². The lowest BCUT2D eigenvalue weighted by atomic mass is 10.1. The summed E-state index contributed by atoms with van der Waals surface area (Å²) in [5.74, 6) is -4.79. The summed E-state index contributed by atoms with van der Waals surface area (Å²) in [5.41, 5.74) is 1.77. The molecule has 2 aromatic carbocycles. The molecule has 2 rings (SSSR count). The molecule has 2 aromatic rings. The van der Waals surface area contributed by atoms with Gasteiger partial charge >= 0.3 is 11.9 Å². The maximum atomic E-state index is 12.7. The monoisotopic (exact) mass is 1600 g/mol. The number of aliphatic carboxylic acids is 2. The fourth-order valence-corrected chi connectivity index (χ4v) is 13.4. The maximum absolute atomic E-state index is 12.7. The van der Waals surface area contributed by atoms with Crippen molar-refractivity contribution in [3.63, 3.8) is 0 Å². The number of rotatable bonds is 24. The van der Waals surface area contributed by atoms with Crippen LogP contribution in [0.5, 0.6) is 0 Å². The number of anilines is 2. The minimum atomic E-state index is -1.31. The molecule has 30 heteroatoms. The molecule has 0 bridgehead atoms. The van der Waals surface area contributed by atoms with Crippen molar-refractivity contribution < 1.29 is 90.0 Å². The first-order valence-corrected chi connectivity index (χ1v) is 24.8. The lowest BCUT2D eigenvalue weighted by molar-refractivity contribution is -0.147. The molecule has 0 saturated heterocycles. The summed E-state index contributed by atoms with van der Waals surface area (Å²) < 4.78 is 2.80. The van der Waals surface area contributed by atoms with Gasteiger partial charge in [-0.3, -0.25) is 28.8 Å². The summed E-state index contributed by atoms with van der Waals surface area (Å²) in [5, 5.41) is 123. The van der Waals surface area contributed by atoms with Crippen molar-refractivity contribution in [3.8, 4) is 0 Å². The summed E-state index contributed by atoms with van der Waals surface area (Å²) >= 11 is 11.6. The Morgan fingerprint density at radius 1 is 0.400 bits per heavy atom.